The molecule has 0 aliphatic carbocycles. The molecule has 0 unspecified atom stereocenters. The van der Waals surface area contributed by atoms with Gasteiger partial charge in [-0.1, -0.05) is 71.8 Å². The molecule has 2 aromatic heterocycles. The van der Waals surface area contributed by atoms with E-state index in [1.165, 1.54) is 47.8 Å². The molecule has 0 bridgehead atoms. The first-order chi connectivity index (χ1) is 33.3. The van der Waals surface area contributed by atoms with Crippen LogP contribution in [0.25, 0.3) is 60.6 Å². The molecule has 9 aromatic rings. The predicted molar refractivity (Wildman–Crippen MR) is 272 cm³/mol. The average Bonchev–Trinajstić information content (AvgIpc) is 3.91. The van der Waals surface area contributed by atoms with Gasteiger partial charge in [-0.25, -0.2) is 9.47 Å². The number of hydrogen-bond donors (Lipinski definition) is 0. The van der Waals surface area contributed by atoms with E-state index in [2.05, 4.69) is 57.2 Å². The Morgan fingerprint density at radius 2 is 0.671 bits per heavy atom. The minimum atomic E-state index is -0.499. The van der Waals surface area contributed by atoms with Crippen LogP contribution in [-0.2, 0) is 7.05 Å². The highest BCUT2D eigenvalue weighted by molar-refractivity contribution is 6.34. The predicted octanol–water partition coefficient (Wildman–Crippen LogP) is 9.00. The Morgan fingerprint density at radius 1 is 0.314 bits per heavy atom. The van der Waals surface area contributed by atoms with E-state index in [4.69, 9.17) is 0 Å². The van der Waals surface area contributed by atoms with Crippen molar-refractivity contribution in [1.29, 1.82) is 0 Å². The highest BCUT2D eigenvalue weighted by Crippen LogP contribution is 2.37. The summed E-state index contributed by atoms with van der Waals surface area (Å²) in [5, 5.41) is 0.587. The Labute approximate surface area is 400 Å². The summed E-state index contributed by atoms with van der Waals surface area (Å²) in [4.78, 5) is 105. The molecule has 2 aliphatic heterocycles. The second kappa shape index (κ2) is 16.4. The van der Waals surface area contributed by atoms with Crippen LogP contribution in [0.5, 0.6) is 0 Å². The number of benzene rings is 7. The van der Waals surface area contributed by atoms with Gasteiger partial charge in [0.05, 0.1) is 55.2 Å². The van der Waals surface area contributed by atoms with Crippen LogP contribution in [0.4, 0.5) is 5.69 Å². The largest absolute Gasteiger partial charge is 0.277 e. The zero-order valence-corrected chi connectivity index (χ0v) is 39.6. The summed E-state index contributed by atoms with van der Waals surface area (Å²) in [6.45, 7) is 12.2. The minimum Gasteiger partial charge on any atom is -0.277 e. The van der Waals surface area contributed by atoms with E-state index >= 15 is 0 Å². The van der Waals surface area contributed by atoms with E-state index in [0.717, 1.165) is 53.0 Å². The molecular formula is C58H44N4O8. The number of carbonyl (C=O) groups excluding carboxylic acids is 4. The molecule has 344 valence electrons. The number of imide groups is 2. The highest BCUT2D eigenvalue weighted by Gasteiger charge is 2.38. The molecule has 12 heteroatoms. The lowest BCUT2D eigenvalue weighted by Crippen LogP contribution is -2.29. The first-order valence-corrected chi connectivity index (χ1v) is 22.6. The molecule has 0 saturated heterocycles. The maximum absolute atomic E-state index is 13.5. The molecule has 0 atom stereocenters. The van der Waals surface area contributed by atoms with Crippen molar-refractivity contribution < 1.29 is 19.2 Å². The van der Waals surface area contributed by atoms with Crippen molar-refractivity contribution in [2.45, 2.75) is 41.5 Å². The van der Waals surface area contributed by atoms with Gasteiger partial charge in [-0.15, -0.1) is 0 Å². The van der Waals surface area contributed by atoms with E-state index in [9.17, 15) is 38.4 Å². The molecule has 12 nitrogen and oxygen atoms in total. The van der Waals surface area contributed by atoms with Crippen molar-refractivity contribution in [2.75, 3.05) is 11.9 Å². The van der Waals surface area contributed by atoms with Gasteiger partial charge >= 0.3 is 0 Å². The Balaban J connectivity index is 0.000000165. The Kier molecular flexibility index (Phi) is 10.5. The van der Waals surface area contributed by atoms with Crippen LogP contribution in [0.3, 0.4) is 0 Å². The molecule has 7 aromatic carbocycles. The second-order valence-corrected chi connectivity index (χ2v) is 18.3. The van der Waals surface area contributed by atoms with Crippen LogP contribution in [0.15, 0.2) is 141 Å². The molecule has 11 rings (SSSR count). The van der Waals surface area contributed by atoms with E-state index in [1.54, 1.807) is 42.5 Å². The molecule has 2 aliphatic rings. The van der Waals surface area contributed by atoms with Gasteiger partial charge in [0, 0.05) is 14.1 Å². The molecule has 0 spiro atoms. The zero-order valence-electron chi connectivity index (χ0n) is 39.6. The molecule has 0 N–H and O–H groups in total. The monoisotopic (exact) mass is 924 g/mol. The zero-order chi connectivity index (χ0) is 49.8. The topological polar surface area (TPSA) is 153 Å². The van der Waals surface area contributed by atoms with E-state index in [-0.39, 0.29) is 39.3 Å². The quantitative estimate of drug-likeness (QED) is 0.155. The summed E-state index contributed by atoms with van der Waals surface area (Å²) in [5.74, 6) is -1.45. The van der Waals surface area contributed by atoms with Gasteiger partial charge in [0.1, 0.15) is 0 Å². The van der Waals surface area contributed by atoms with Crippen LogP contribution < -0.4 is 27.1 Å². The Hall–Kier alpha value is -8.90. The number of amides is 4. The summed E-state index contributed by atoms with van der Waals surface area (Å²) in [7, 11) is 2.83. The van der Waals surface area contributed by atoms with Crippen LogP contribution in [0.2, 0.25) is 0 Å². The van der Waals surface area contributed by atoms with Gasteiger partial charge in [0.15, 0.2) is 0 Å². The number of carbonyl (C=O) groups is 4. The number of anilines is 1. The summed E-state index contributed by atoms with van der Waals surface area (Å²) in [5.41, 5.74) is 12.6. The lowest BCUT2D eigenvalue weighted by molar-refractivity contribution is 0.0692. The van der Waals surface area contributed by atoms with Gasteiger partial charge in [-0.3, -0.25) is 47.8 Å². The fourth-order valence-electron chi connectivity index (χ4n) is 9.93. The van der Waals surface area contributed by atoms with Crippen LogP contribution in [-0.4, -0.2) is 44.7 Å². The maximum atomic E-state index is 13.5. The average molecular weight is 925 g/mol. The maximum Gasteiger partial charge on any atom is 0.266 e. The lowest BCUT2D eigenvalue weighted by atomic mass is 9.95. The smallest absolute Gasteiger partial charge is 0.266 e. The molecule has 0 saturated carbocycles. The van der Waals surface area contributed by atoms with E-state index in [1.807, 2.05) is 51.1 Å². The highest BCUT2D eigenvalue weighted by atomic mass is 16.2. The van der Waals surface area contributed by atoms with Crippen molar-refractivity contribution in [3.63, 3.8) is 0 Å². The fourth-order valence-corrected chi connectivity index (χ4v) is 9.93. The number of hydrogen-bond acceptors (Lipinski definition) is 8. The van der Waals surface area contributed by atoms with Gasteiger partial charge in [-0.05, 0) is 158 Å². The molecule has 0 fully saturated rings. The van der Waals surface area contributed by atoms with Crippen LogP contribution in [0, 0.1) is 41.5 Å². The van der Waals surface area contributed by atoms with E-state index in [0.29, 0.717) is 44.8 Å². The van der Waals surface area contributed by atoms with Crippen molar-refractivity contribution in [1.82, 2.24) is 14.0 Å². The van der Waals surface area contributed by atoms with Gasteiger partial charge in [-0.2, -0.15) is 0 Å². The number of nitrogens with zero attached hydrogens (tertiary/aromatic N) is 4. The Bertz CT molecular complexity index is 3990. The number of rotatable bonds is 5. The van der Waals surface area contributed by atoms with Crippen molar-refractivity contribution in [3.8, 4) is 39.1 Å². The van der Waals surface area contributed by atoms with Gasteiger partial charge < -0.3 is 0 Å². The van der Waals surface area contributed by atoms with E-state index < -0.39 is 28.1 Å². The second-order valence-electron chi connectivity index (χ2n) is 18.3. The SMILES string of the molecule is Cc1ccc(-c2ccc(-n3c(=O)c4cc5c(=O)n(C)c(=O)c5cc4c3=O)cc2C)c(C)c1.Cc1ccc(-c2ccc(N3C(=O)c4ccc(-c5ccc6c(c5)C(=O)N(C)C6=O)cc4C3=O)cc2C)c(C)c1. The first kappa shape index (κ1) is 44.9. The van der Waals surface area contributed by atoms with Gasteiger partial charge in [0.2, 0.25) is 0 Å². The molecule has 0 radical (unpaired) electrons. The van der Waals surface area contributed by atoms with Crippen molar-refractivity contribution in [3.05, 3.63) is 218 Å². The summed E-state index contributed by atoms with van der Waals surface area (Å²) >= 11 is 0. The Morgan fingerprint density at radius 3 is 1.14 bits per heavy atom. The number of aryl methyl sites for hydroxylation is 6. The summed E-state index contributed by atoms with van der Waals surface area (Å²) in [6, 6.07) is 36.5. The third kappa shape index (κ3) is 6.98. The molecule has 70 heavy (non-hydrogen) atoms. The fraction of sp³-hybridized carbons (Fsp3) is 0.138. The first-order valence-electron chi connectivity index (χ1n) is 22.6. The minimum absolute atomic E-state index is 0.140. The molecule has 4 heterocycles. The van der Waals surface area contributed by atoms with Crippen LogP contribution >= 0.6 is 0 Å². The summed E-state index contributed by atoms with van der Waals surface area (Å²) < 4.78 is 2.10. The van der Waals surface area contributed by atoms with Crippen LogP contribution in [0.1, 0.15) is 74.8 Å². The van der Waals surface area contributed by atoms with Gasteiger partial charge in [0.25, 0.3) is 45.9 Å². The number of fused-ring (bicyclic) bond motifs is 4. The number of aromatic nitrogens is 2. The van der Waals surface area contributed by atoms with Crippen molar-refractivity contribution in [2.24, 2.45) is 7.05 Å². The standard InChI is InChI=1S/C32H24N2O4.C26H20N2O4/c1-17-5-9-23(18(2)13-17)24-12-8-22(14-19(24)3)34-31(37)26-11-7-21(16-28(26)32(34)38)20-6-10-25-27(15-20)30(36)33(4)29(25)35;1-13-5-7-17(14(2)9-13)18-8-6-16(10-15(18)3)28-25(31)21-11-19-20(12-22(21)26(28)32)24(30)27(4)23(19)29/h5-16H,1-4H3;5-12H,1-4H3. The third-order valence-corrected chi connectivity index (χ3v) is 13.7. The molecular weight excluding hydrogens is 881 g/mol. The molecule has 4 amide bonds. The third-order valence-electron chi connectivity index (χ3n) is 13.7. The van der Waals surface area contributed by atoms with Crippen molar-refractivity contribution >= 4 is 50.9 Å². The lowest BCUT2D eigenvalue weighted by Gasteiger charge is -2.17. The summed E-state index contributed by atoms with van der Waals surface area (Å²) in [6.07, 6.45) is 0. The normalized spacial score (nSPS) is 13.1.